The molecule has 0 aliphatic carbocycles. The summed E-state index contributed by atoms with van der Waals surface area (Å²) in [6.07, 6.45) is 4.37. The Labute approximate surface area is 130 Å². The Morgan fingerprint density at radius 2 is 2.09 bits per heavy atom. The molecule has 1 fully saturated rings. The normalized spacial score (nSPS) is 17.6. The highest BCUT2D eigenvalue weighted by Crippen LogP contribution is 2.11. The quantitative estimate of drug-likeness (QED) is 0.664. The lowest BCUT2D eigenvalue weighted by Crippen LogP contribution is -2.40. The van der Waals surface area contributed by atoms with Gasteiger partial charge < -0.3 is 15.0 Å². The van der Waals surface area contributed by atoms with E-state index in [1.807, 2.05) is 11.8 Å². The Balaban J connectivity index is 2.00. The van der Waals surface area contributed by atoms with Gasteiger partial charge in [-0.05, 0) is 43.7 Å². The van der Waals surface area contributed by atoms with E-state index in [2.05, 4.69) is 10.1 Å². The summed E-state index contributed by atoms with van der Waals surface area (Å²) in [5.41, 5.74) is 1.37. The Morgan fingerprint density at radius 1 is 1.36 bits per heavy atom. The molecule has 0 spiro atoms. The first kappa shape index (κ1) is 16.2. The third-order valence-electron chi connectivity index (χ3n) is 3.85. The standard InChI is InChI=1S/C17H22N2O3/c1-3-19(15-10-11-18-12-15)16(20)9-6-13-4-7-14(8-5-13)17(21)22-2/h4-9,15,18H,3,10-12H2,1-2H3/b9-6+. The van der Waals surface area contributed by atoms with Crippen LogP contribution in [0.2, 0.25) is 0 Å². The van der Waals surface area contributed by atoms with E-state index < -0.39 is 0 Å². The van der Waals surface area contributed by atoms with Gasteiger partial charge in [0.2, 0.25) is 5.91 Å². The van der Waals surface area contributed by atoms with Gasteiger partial charge >= 0.3 is 5.97 Å². The van der Waals surface area contributed by atoms with Crippen molar-refractivity contribution in [1.82, 2.24) is 10.2 Å². The molecule has 1 aliphatic heterocycles. The Kier molecular flexibility index (Phi) is 5.72. The number of amides is 1. The zero-order valence-electron chi connectivity index (χ0n) is 13.0. The van der Waals surface area contributed by atoms with Crippen molar-refractivity contribution in [3.05, 3.63) is 41.5 Å². The predicted molar refractivity (Wildman–Crippen MR) is 85.5 cm³/mol. The highest BCUT2D eigenvalue weighted by atomic mass is 16.5. The third-order valence-corrected chi connectivity index (χ3v) is 3.85. The van der Waals surface area contributed by atoms with Crippen LogP contribution in [-0.2, 0) is 9.53 Å². The zero-order valence-corrected chi connectivity index (χ0v) is 13.0. The molecule has 1 saturated heterocycles. The van der Waals surface area contributed by atoms with Crippen molar-refractivity contribution in [1.29, 1.82) is 0 Å². The van der Waals surface area contributed by atoms with Gasteiger partial charge in [0.05, 0.1) is 12.7 Å². The molecule has 118 valence electrons. The van der Waals surface area contributed by atoms with Gasteiger partial charge in [0.1, 0.15) is 0 Å². The summed E-state index contributed by atoms with van der Waals surface area (Å²) in [6.45, 7) is 4.53. The molecule has 1 unspecified atom stereocenters. The van der Waals surface area contributed by atoms with Crippen LogP contribution in [-0.4, -0.2) is 49.6 Å². The molecule has 0 saturated carbocycles. The number of hydrogen-bond acceptors (Lipinski definition) is 4. The Hall–Kier alpha value is -2.14. The van der Waals surface area contributed by atoms with Gasteiger partial charge in [-0.25, -0.2) is 4.79 Å². The number of benzene rings is 1. The minimum absolute atomic E-state index is 0.0215. The summed E-state index contributed by atoms with van der Waals surface area (Å²) in [7, 11) is 1.35. The van der Waals surface area contributed by atoms with Crippen molar-refractivity contribution in [3.8, 4) is 0 Å². The molecular weight excluding hydrogens is 280 g/mol. The third kappa shape index (κ3) is 3.95. The van der Waals surface area contributed by atoms with Crippen LogP contribution < -0.4 is 5.32 Å². The van der Waals surface area contributed by atoms with Gasteiger partial charge in [-0.1, -0.05) is 12.1 Å². The van der Waals surface area contributed by atoms with Crippen LogP contribution in [0.5, 0.6) is 0 Å². The number of likely N-dealkylation sites (N-methyl/N-ethyl adjacent to an activating group) is 1. The van der Waals surface area contributed by atoms with E-state index in [1.165, 1.54) is 7.11 Å². The van der Waals surface area contributed by atoms with E-state index in [0.717, 1.165) is 25.1 Å². The molecule has 1 N–H and O–H groups in total. The average Bonchev–Trinajstić information content (AvgIpc) is 3.07. The van der Waals surface area contributed by atoms with Crippen LogP contribution in [0.1, 0.15) is 29.3 Å². The lowest BCUT2D eigenvalue weighted by atomic mass is 10.1. The van der Waals surface area contributed by atoms with E-state index in [-0.39, 0.29) is 17.9 Å². The van der Waals surface area contributed by atoms with Crippen molar-refractivity contribution < 1.29 is 14.3 Å². The molecule has 1 aromatic carbocycles. The van der Waals surface area contributed by atoms with E-state index in [1.54, 1.807) is 36.4 Å². The molecule has 1 amide bonds. The fourth-order valence-electron chi connectivity index (χ4n) is 2.61. The molecule has 0 bridgehead atoms. The van der Waals surface area contributed by atoms with Gasteiger partial charge in [0.25, 0.3) is 0 Å². The molecule has 5 nitrogen and oxygen atoms in total. The number of esters is 1. The highest BCUT2D eigenvalue weighted by Gasteiger charge is 2.23. The van der Waals surface area contributed by atoms with Gasteiger partial charge in [-0.3, -0.25) is 4.79 Å². The van der Waals surface area contributed by atoms with Crippen molar-refractivity contribution in [2.75, 3.05) is 26.7 Å². The number of ether oxygens (including phenoxy) is 1. The van der Waals surface area contributed by atoms with Gasteiger partial charge in [0, 0.05) is 25.2 Å². The van der Waals surface area contributed by atoms with E-state index in [0.29, 0.717) is 12.1 Å². The maximum atomic E-state index is 12.3. The van der Waals surface area contributed by atoms with Crippen LogP contribution in [0.15, 0.2) is 30.3 Å². The number of carbonyl (C=O) groups excluding carboxylic acids is 2. The maximum absolute atomic E-state index is 12.3. The predicted octanol–water partition coefficient (Wildman–Crippen LogP) is 1.70. The summed E-state index contributed by atoms with van der Waals surface area (Å²) in [5, 5.41) is 3.28. The van der Waals surface area contributed by atoms with Crippen LogP contribution in [0.25, 0.3) is 6.08 Å². The topological polar surface area (TPSA) is 58.6 Å². The fourth-order valence-corrected chi connectivity index (χ4v) is 2.61. The fraction of sp³-hybridized carbons (Fsp3) is 0.412. The number of nitrogens with zero attached hydrogens (tertiary/aromatic N) is 1. The number of nitrogens with one attached hydrogen (secondary N) is 1. The maximum Gasteiger partial charge on any atom is 0.337 e. The summed E-state index contributed by atoms with van der Waals surface area (Å²) >= 11 is 0. The smallest absolute Gasteiger partial charge is 0.337 e. The first-order valence-corrected chi connectivity index (χ1v) is 7.53. The lowest BCUT2D eigenvalue weighted by Gasteiger charge is -2.25. The van der Waals surface area contributed by atoms with Crippen LogP contribution in [0, 0.1) is 0 Å². The summed E-state index contributed by atoms with van der Waals surface area (Å²) in [4.78, 5) is 25.5. The molecule has 0 radical (unpaired) electrons. The van der Waals surface area contributed by atoms with E-state index in [9.17, 15) is 9.59 Å². The zero-order chi connectivity index (χ0) is 15.9. The highest BCUT2D eigenvalue weighted by molar-refractivity contribution is 5.92. The number of methoxy groups -OCH3 is 1. The second-order valence-corrected chi connectivity index (χ2v) is 5.22. The van der Waals surface area contributed by atoms with E-state index in [4.69, 9.17) is 0 Å². The average molecular weight is 302 g/mol. The molecule has 1 aromatic rings. The minimum atomic E-state index is -0.363. The van der Waals surface area contributed by atoms with Crippen LogP contribution in [0.3, 0.4) is 0 Å². The van der Waals surface area contributed by atoms with Crippen molar-refractivity contribution in [2.24, 2.45) is 0 Å². The van der Waals surface area contributed by atoms with Gasteiger partial charge in [-0.2, -0.15) is 0 Å². The Bertz CT molecular complexity index is 546. The van der Waals surface area contributed by atoms with Crippen molar-refractivity contribution in [3.63, 3.8) is 0 Å². The molecule has 22 heavy (non-hydrogen) atoms. The van der Waals surface area contributed by atoms with Crippen molar-refractivity contribution in [2.45, 2.75) is 19.4 Å². The molecule has 0 aromatic heterocycles. The second kappa shape index (κ2) is 7.75. The molecule has 1 atom stereocenters. The minimum Gasteiger partial charge on any atom is -0.465 e. The Morgan fingerprint density at radius 3 is 2.64 bits per heavy atom. The summed E-state index contributed by atoms with van der Waals surface area (Å²) < 4.78 is 4.65. The summed E-state index contributed by atoms with van der Waals surface area (Å²) in [5.74, 6) is -0.342. The van der Waals surface area contributed by atoms with Crippen molar-refractivity contribution >= 4 is 18.0 Å². The lowest BCUT2D eigenvalue weighted by molar-refractivity contribution is -0.127. The van der Waals surface area contributed by atoms with Crippen LogP contribution >= 0.6 is 0 Å². The first-order chi connectivity index (χ1) is 10.7. The number of hydrogen-bond donors (Lipinski definition) is 1. The first-order valence-electron chi connectivity index (χ1n) is 7.53. The van der Waals surface area contributed by atoms with Crippen LogP contribution in [0.4, 0.5) is 0 Å². The monoisotopic (exact) mass is 302 g/mol. The molecule has 2 rings (SSSR count). The molecular formula is C17H22N2O3. The largest absolute Gasteiger partial charge is 0.465 e. The second-order valence-electron chi connectivity index (χ2n) is 5.22. The number of carbonyl (C=O) groups is 2. The van der Waals surface area contributed by atoms with Gasteiger partial charge in [0.15, 0.2) is 0 Å². The molecule has 5 heteroatoms. The van der Waals surface area contributed by atoms with E-state index >= 15 is 0 Å². The number of rotatable bonds is 5. The van der Waals surface area contributed by atoms with Gasteiger partial charge in [-0.15, -0.1) is 0 Å². The SMILES string of the molecule is CCN(C(=O)/C=C/c1ccc(C(=O)OC)cc1)C1CCNC1. The molecule has 1 heterocycles. The summed E-state index contributed by atoms with van der Waals surface area (Å²) in [6, 6.07) is 7.25. The molecule has 1 aliphatic rings.